The van der Waals surface area contributed by atoms with Crippen LogP contribution in [0.3, 0.4) is 0 Å². The molecule has 18 heavy (non-hydrogen) atoms. The molecule has 0 aliphatic carbocycles. The molecule has 0 spiro atoms. The van der Waals surface area contributed by atoms with Crippen molar-refractivity contribution in [3.05, 3.63) is 53.8 Å². The van der Waals surface area contributed by atoms with Gasteiger partial charge in [0.1, 0.15) is 5.82 Å². The van der Waals surface area contributed by atoms with Gasteiger partial charge in [-0.05, 0) is 41.7 Å². The zero-order valence-corrected chi connectivity index (χ0v) is 10.8. The van der Waals surface area contributed by atoms with Crippen molar-refractivity contribution in [3.63, 3.8) is 0 Å². The molecule has 0 saturated carbocycles. The number of nitrogens with two attached hydrogens (primary N) is 1. The van der Waals surface area contributed by atoms with Gasteiger partial charge in [0.15, 0.2) is 0 Å². The number of hydrogen-bond donors (Lipinski definition) is 1. The Morgan fingerprint density at radius 1 is 1.11 bits per heavy atom. The molecule has 0 saturated heterocycles. The molecule has 2 aromatic carbocycles. The fourth-order valence-corrected chi connectivity index (χ4v) is 1.99. The number of hydrogen-bond acceptors (Lipinski definition) is 1. The van der Waals surface area contributed by atoms with Crippen molar-refractivity contribution < 1.29 is 4.39 Å². The summed E-state index contributed by atoms with van der Waals surface area (Å²) in [6.07, 6.45) is 1.11. The summed E-state index contributed by atoms with van der Waals surface area (Å²) in [5.74, 6) is 0.265. The largest absolute Gasteiger partial charge is 0.399 e. The van der Waals surface area contributed by atoms with E-state index in [9.17, 15) is 4.39 Å². The maximum atomic E-state index is 13.8. The first-order valence-corrected chi connectivity index (χ1v) is 6.27. The molecule has 94 valence electrons. The molecule has 0 heterocycles. The van der Waals surface area contributed by atoms with Gasteiger partial charge in [0.05, 0.1) is 0 Å². The normalized spacial score (nSPS) is 12.4. The highest BCUT2D eigenvalue weighted by atomic mass is 19.1. The molecule has 1 atom stereocenters. The number of halogens is 1. The van der Waals surface area contributed by atoms with Crippen molar-refractivity contribution >= 4 is 5.69 Å². The lowest BCUT2D eigenvalue weighted by Crippen LogP contribution is -1.92. The number of rotatable bonds is 3. The van der Waals surface area contributed by atoms with Crippen LogP contribution in [0.15, 0.2) is 42.5 Å². The van der Waals surface area contributed by atoms with Crippen LogP contribution in [0.25, 0.3) is 11.1 Å². The fourth-order valence-electron chi connectivity index (χ4n) is 1.99. The van der Waals surface area contributed by atoms with E-state index in [1.807, 2.05) is 12.1 Å². The molecule has 2 heteroatoms. The number of anilines is 1. The third-order valence-corrected chi connectivity index (χ3v) is 3.40. The average molecular weight is 243 g/mol. The molecule has 1 unspecified atom stereocenters. The third kappa shape index (κ3) is 2.53. The molecule has 0 aromatic heterocycles. The van der Waals surface area contributed by atoms with Gasteiger partial charge in [-0.2, -0.15) is 0 Å². The Bertz CT molecular complexity index is 531. The standard InChI is InChI=1S/C16H18FN/c1-3-11(2)12-4-6-13(7-5-12)15-9-8-14(18)10-16(15)17/h4-11H,3,18H2,1-2H3. The Hall–Kier alpha value is -1.83. The monoisotopic (exact) mass is 243 g/mol. The van der Waals surface area contributed by atoms with E-state index in [2.05, 4.69) is 26.0 Å². The van der Waals surface area contributed by atoms with E-state index >= 15 is 0 Å². The number of benzene rings is 2. The molecule has 2 rings (SSSR count). The molecule has 0 radical (unpaired) electrons. The molecule has 2 N–H and O–H groups in total. The minimum Gasteiger partial charge on any atom is -0.399 e. The quantitative estimate of drug-likeness (QED) is 0.784. The van der Waals surface area contributed by atoms with E-state index in [-0.39, 0.29) is 5.82 Å². The van der Waals surface area contributed by atoms with Crippen LogP contribution in [0, 0.1) is 5.82 Å². The predicted molar refractivity (Wildman–Crippen MR) is 75.0 cm³/mol. The third-order valence-electron chi connectivity index (χ3n) is 3.40. The highest BCUT2D eigenvalue weighted by molar-refractivity contribution is 5.66. The minimum atomic E-state index is -0.272. The predicted octanol–water partition coefficient (Wildman–Crippen LogP) is 4.59. The maximum Gasteiger partial charge on any atom is 0.133 e. The van der Waals surface area contributed by atoms with Gasteiger partial charge in [-0.25, -0.2) is 4.39 Å². The van der Waals surface area contributed by atoms with Crippen LogP contribution in [-0.2, 0) is 0 Å². The van der Waals surface area contributed by atoms with Crippen molar-refractivity contribution in [1.82, 2.24) is 0 Å². The van der Waals surface area contributed by atoms with Gasteiger partial charge in [0.25, 0.3) is 0 Å². The maximum absolute atomic E-state index is 13.8. The van der Waals surface area contributed by atoms with Gasteiger partial charge >= 0.3 is 0 Å². The van der Waals surface area contributed by atoms with Crippen LogP contribution >= 0.6 is 0 Å². The Labute approximate surface area is 107 Å². The fraction of sp³-hybridized carbons (Fsp3) is 0.250. The van der Waals surface area contributed by atoms with Crippen LogP contribution in [0.4, 0.5) is 10.1 Å². The van der Waals surface area contributed by atoms with Crippen LogP contribution in [0.1, 0.15) is 31.7 Å². The topological polar surface area (TPSA) is 26.0 Å². The summed E-state index contributed by atoms with van der Waals surface area (Å²) in [4.78, 5) is 0. The van der Waals surface area contributed by atoms with E-state index in [4.69, 9.17) is 5.73 Å². The van der Waals surface area contributed by atoms with E-state index in [1.165, 1.54) is 11.6 Å². The first kappa shape index (κ1) is 12.6. The van der Waals surface area contributed by atoms with Gasteiger partial charge in [-0.3, -0.25) is 0 Å². The number of nitrogen functional groups attached to an aromatic ring is 1. The van der Waals surface area contributed by atoms with Gasteiger partial charge in [0.2, 0.25) is 0 Å². The first-order chi connectivity index (χ1) is 8.61. The minimum absolute atomic E-state index is 0.272. The van der Waals surface area contributed by atoms with Gasteiger partial charge in [0, 0.05) is 11.3 Å². The van der Waals surface area contributed by atoms with Crippen molar-refractivity contribution in [2.75, 3.05) is 5.73 Å². The molecule has 0 fully saturated rings. The summed E-state index contributed by atoms with van der Waals surface area (Å²) in [6, 6.07) is 12.9. The van der Waals surface area contributed by atoms with Crippen molar-refractivity contribution in [3.8, 4) is 11.1 Å². The summed E-state index contributed by atoms with van der Waals surface area (Å²) in [5.41, 5.74) is 8.77. The SMILES string of the molecule is CCC(C)c1ccc(-c2ccc(N)cc2F)cc1. The summed E-state index contributed by atoms with van der Waals surface area (Å²) < 4.78 is 13.8. The zero-order chi connectivity index (χ0) is 13.1. The van der Waals surface area contributed by atoms with Crippen molar-refractivity contribution in [1.29, 1.82) is 0 Å². The van der Waals surface area contributed by atoms with Gasteiger partial charge < -0.3 is 5.73 Å². The van der Waals surface area contributed by atoms with Crippen molar-refractivity contribution in [2.45, 2.75) is 26.2 Å². The van der Waals surface area contributed by atoms with E-state index < -0.39 is 0 Å². The molecule has 0 aliphatic rings. The lowest BCUT2D eigenvalue weighted by molar-refractivity contribution is 0.632. The van der Waals surface area contributed by atoms with Crippen LogP contribution in [-0.4, -0.2) is 0 Å². The van der Waals surface area contributed by atoms with Gasteiger partial charge in [-0.1, -0.05) is 38.1 Å². The van der Waals surface area contributed by atoms with E-state index in [0.717, 1.165) is 12.0 Å². The Balaban J connectivity index is 2.34. The first-order valence-electron chi connectivity index (χ1n) is 6.27. The Morgan fingerprint density at radius 2 is 1.78 bits per heavy atom. The van der Waals surface area contributed by atoms with Crippen LogP contribution in [0.2, 0.25) is 0 Å². The molecule has 1 nitrogen and oxygen atoms in total. The molecule has 0 aliphatic heterocycles. The zero-order valence-electron chi connectivity index (χ0n) is 10.8. The molecule has 2 aromatic rings. The second-order valence-electron chi connectivity index (χ2n) is 4.67. The molecule has 0 bridgehead atoms. The lowest BCUT2D eigenvalue weighted by Gasteiger charge is -2.10. The smallest absolute Gasteiger partial charge is 0.133 e. The summed E-state index contributed by atoms with van der Waals surface area (Å²) in [7, 11) is 0. The molecule has 0 amide bonds. The lowest BCUT2D eigenvalue weighted by atomic mass is 9.96. The van der Waals surface area contributed by atoms with Crippen molar-refractivity contribution in [2.24, 2.45) is 0 Å². The average Bonchev–Trinajstić information content (AvgIpc) is 2.38. The Kier molecular flexibility index (Phi) is 3.66. The van der Waals surface area contributed by atoms with Crippen LogP contribution in [0.5, 0.6) is 0 Å². The van der Waals surface area contributed by atoms with E-state index in [1.54, 1.807) is 12.1 Å². The van der Waals surface area contributed by atoms with Crippen LogP contribution < -0.4 is 5.73 Å². The van der Waals surface area contributed by atoms with Gasteiger partial charge in [-0.15, -0.1) is 0 Å². The second-order valence-corrected chi connectivity index (χ2v) is 4.67. The highest BCUT2D eigenvalue weighted by Crippen LogP contribution is 2.27. The molecular formula is C16H18FN. The summed E-state index contributed by atoms with van der Waals surface area (Å²) in [6.45, 7) is 4.36. The molecular weight excluding hydrogens is 225 g/mol. The summed E-state index contributed by atoms with van der Waals surface area (Å²) in [5, 5.41) is 0. The van der Waals surface area contributed by atoms with E-state index in [0.29, 0.717) is 17.2 Å². The Morgan fingerprint density at radius 3 is 2.33 bits per heavy atom. The second kappa shape index (κ2) is 5.21. The summed E-state index contributed by atoms with van der Waals surface area (Å²) >= 11 is 0. The highest BCUT2D eigenvalue weighted by Gasteiger charge is 2.07.